The third kappa shape index (κ3) is 6.86. The molecule has 2 aromatic rings. The number of rotatable bonds is 11. The predicted octanol–water partition coefficient (Wildman–Crippen LogP) is 8.60. The van der Waals surface area contributed by atoms with Gasteiger partial charge in [0.2, 0.25) is 0 Å². The summed E-state index contributed by atoms with van der Waals surface area (Å²) < 4.78 is 20.7. The van der Waals surface area contributed by atoms with Crippen LogP contribution in [0.2, 0.25) is 0 Å². The van der Waals surface area contributed by atoms with Crippen LogP contribution < -0.4 is 4.74 Å². The van der Waals surface area contributed by atoms with E-state index in [1.165, 1.54) is 63.4 Å². The van der Waals surface area contributed by atoms with Crippen molar-refractivity contribution in [2.45, 2.75) is 84.5 Å². The average Bonchev–Trinajstić information content (AvgIpc) is 2.77. The van der Waals surface area contributed by atoms with E-state index in [1.807, 2.05) is 24.3 Å². The highest BCUT2D eigenvalue weighted by molar-refractivity contribution is 5.65. The van der Waals surface area contributed by atoms with E-state index in [2.05, 4.69) is 26.0 Å². The molecule has 1 saturated carbocycles. The number of benzene rings is 2. The molecule has 164 valence electrons. The fourth-order valence-corrected chi connectivity index (χ4v) is 4.72. The van der Waals surface area contributed by atoms with Gasteiger partial charge in [0, 0.05) is 11.6 Å². The second kappa shape index (κ2) is 12.1. The molecule has 30 heavy (non-hydrogen) atoms. The van der Waals surface area contributed by atoms with Gasteiger partial charge in [-0.1, -0.05) is 89.5 Å². The van der Waals surface area contributed by atoms with Gasteiger partial charge in [-0.15, -0.1) is 0 Å². The van der Waals surface area contributed by atoms with E-state index < -0.39 is 0 Å². The normalized spacial score (nSPS) is 19.0. The molecule has 2 heteroatoms. The summed E-state index contributed by atoms with van der Waals surface area (Å²) in [5, 5.41) is 0. The maximum atomic E-state index is 14.7. The number of unbranched alkanes of at least 4 members (excludes halogenated alkanes) is 3. The molecule has 0 radical (unpaired) electrons. The summed E-state index contributed by atoms with van der Waals surface area (Å²) in [7, 11) is 0. The first-order valence-electron chi connectivity index (χ1n) is 12.2. The van der Waals surface area contributed by atoms with Crippen molar-refractivity contribution >= 4 is 0 Å². The van der Waals surface area contributed by atoms with Gasteiger partial charge >= 0.3 is 0 Å². The minimum absolute atomic E-state index is 0.202. The molecule has 0 unspecified atom stereocenters. The van der Waals surface area contributed by atoms with Crippen molar-refractivity contribution in [3.8, 4) is 16.9 Å². The Hall–Kier alpha value is -1.83. The second-order valence-electron chi connectivity index (χ2n) is 9.14. The van der Waals surface area contributed by atoms with Gasteiger partial charge in [-0.2, -0.15) is 0 Å². The van der Waals surface area contributed by atoms with Crippen LogP contribution >= 0.6 is 0 Å². The second-order valence-corrected chi connectivity index (χ2v) is 9.14. The zero-order chi connectivity index (χ0) is 21.2. The van der Waals surface area contributed by atoms with Crippen LogP contribution in [0.15, 0.2) is 42.5 Å². The van der Waals surface area contributed by atoms with Crippen LogP contribution in [0.25, 0.3) is 11.1 Å². The number of ether oxygens (including phenoxy) is 1. The molecule has 0 N–H and O–H groups in total. The van der Waals surface area contributed by atoms with Gasteiger partial charge < -0.3 is 4.74 Å². The largest absolute Gasteiger partial charge is 0.493 e. The molecule has 3 rings (SSSR count). The summed E-state index contributed by atoms with van der Waals surface area (Å²) in [6.07, 6.45) is 14.3. The van der Waals surface area contributed by atoms with E-state index in [-0.39, 0.29) is 5.82 Å². The molecular formula is C28H39FO. The van der Waals surface area contributed by atoms with Crippen molar-refractivity contribution in [3.63, 3.8) is 0 Å². The van der Waals surface area contributed by atoms with E-state index in [1.54, 1.807) is 6.07 Å². The highest BCUT2D eigenvalue weighted by Gasteiger charge is 2.21. The molecule has 0 spiro atoms. The van der Waals surface area contributed by atoms with Gasteiger partial charge in [0.1, 0.15) is 11.6 Å². The monoisotopic (exact) mass is 410 g/mol. The van der Waals surface area contributed by atoms with Crippen LogP contribution in [-0.4, -0.2) is 6.61 Å². The minimum atomic E-state index is -0.202. The highest BCUT2D eigenvalue weighted by atomic mass is 19.1. The van der Waals surface area contributed by atoms with Gasteiger partial charge in [-0.3, -0.25) is 0 Å². The Balaban J connectivity index is 1.45. The fraction of sp³-hybridized carbons (Fsp3) is 0.571. The summed E-state index contributed by atoms with van der Waals surface area (Å²) >= 11 is 0. The summed E-state index contributed by atoms with van der Waals surface area (Å²) in [5.74, 6) is 1.98. The summed E-state index contributed by atoms with van der Waals surface area (Å²) in [4.78, 5) is 0. The molecule has 0 amide bonds. The van der Waals surface area contributed by atoms with Crippen LogP contribution in [0, 0.1) is 17.7 Å². The first kappa shape index (κ1) is 22.8. The predicted molar refractivity (Wildman–Crippen MR) is 126 cm³/mol. The first-order valence-corrected chi connectivity index (χ1v) is 12.2. The quantitative estimate of drug-likeness (QED) is 0.337. The standard InChI is InChI=1S/C28H39FO/c1-3-5-6-7-9-23-10-12-24(13-11-23)21-30-26-18-19-27(28(29)20-26)25-16-14-22(8-4-2)15-17-25/h14-20,23-24H,3-13,21H2,1-2H3/t23-,24-. The van der Waals surface area contributed by atoms with Crippen LogP contribution in [0.1, 0.15) is 83.6 Å². The fourth-order valence-electron chi connectivity index (χ4n) is 4.72. The molecular weight excluding hydrogens is 371 g/mol. The number of hydrogen-bond donors (Lipinski definition) is 0. The molecule has 0 bridgehead atoms. The van der Waals surface area contributed by atoms with Crippen molar-refractivity contribution in [2.75, 3.05) is 6.61 Å². The van der Waals surface area contributed by atoms with E-state index in [0.29, 0.717) is 23.8 Å². The van der Waals surface area contributed by atoms with Gasteiger partial charge in [0.05, 0.1) is 6.61 Å². The number of halogens is 1. The Kier molecular flexibility index (Phi) is 9.24. The topological polar surface area (TPSA) is 9.23 Å². The Morgan fingerprint density at radius 1 is 0.833 bits per heavy atom. The van der Waals surface area contributed by atoms with Crippen molar-refractivity contribution in [1.82, 2.24) is 0 Å². The Labute approximate surface area is 183 Å². The van der Waals surface area contributed by atoms with Crippen molar-refractivity contribution in [3.05, 3.63) is 53.8 Å². The number of aryl methyl sites for hydroxylation is 1. The van der Waals surface area contributed by atoms with E-state index in [0.717, 1.165) is 24.3 Å². The Bertz CT molecular complexity index is 744. The lowest BCUT2D eigenvalue weighted by molar-refractivity contribution is 0.177. The molecule has 0 saturated heterocycles. The lowest BCUT2D eigenvalue weighted by Crippen LogP contribution is -2.20. The van der Waals surface area contributed by atoms with Crippen molar-refractivity contribution < 1.29 is 9.13 Å². The molecule has 0 aromatic heterocycles. The van der Waals surface area contributed by atoms with Gasteiger partial charge in [0.15, 0.2) is 0 Å². The molecule has 1 fully saturated rings. The first-order chi connectivity index (χ1) is 14.7. The minimum Gasteiger partial charge on any atom is -0.493 e. The zero-order valence-corrected chi connectivity index (χ0v) is 19.0. The van der Waals surface area contributed by atoms with Crippen LogP contribution in [0.3, 0.4) is 0 Å². The molecule has 2 aromatic carbocycles. The molecule has 1 aliphatic rings. The third-order valence-corrected chi connectivity index (χ3v) is 6.66. The molecule has 1 aliphatic carbocycles. The van der Waals surface area contributed by atoms with E-state index >= 15 is 0 Å². The Morgan fingerprint density at radius 2 is 1.57 bits per heavy atom. The summed E-state index contributed by atoms with van der Waals surface area (Å²) in [6.45, 7) is 5.16. The number of hydrogen-bond acceptors (Lipinski definition) is 1. The Morgan fingerprint density at radius 3 is 2.23 bits per heavy atom. The van der Waals surface area contributed by atoms with Gasteiger partial charge in [-0.25, -0.2) is 4.39 Å². The molecule has 1 nitrogen and oxygen atoms in total. The third-order valence-electron chi connectivity index (χ3n) is 6.66. The van der Waals surface area contributed by atoms with E-state index in [4.69, 9.17) is 4.74 Å². The maximum absolute atomic E-state index is 14.7. The lowest BCUT2D eigenvalue weighted by Gasteiger charge is -2.28. The SMILES string of the molecule is CCCCCC[C@H]1CC[C@H](COc2ccc(-c3ccc(CCC)cc3)c(F)c2)CC1. The summed E-state index contributed by atoms with van der Waals surface area (Å²) in [6, 6.07) is 13.6. The van der Waals surface area contributed by atoms with Crippen molar-refractivity contribution in [2.24, 2.45) is 11.8 Å². The summed E-state index contributed by atoms with van der Waals surface area (Å²) in [5.41, 5.74) is 2.88. The average molecular weight is 411 g/mol. The van der Waals surface area contributed by atoms with Gasteiger partial charge in [0.25, 0.3) is 0 Å². The van der Waals surface area contributed by atoms with E-state index in [9.17, 15) is 4.39 Å². The highest BCUT2D eigenvalue weighted by Crippen LogP contribution is 2.33. The zero-order valence-electron chi connectivity index (χ0n) is 19.0. The lowest BCUT2D eigenvalue weighted by atomic mass is 9.80. The molecule has 0 heterocycles. The smallest absolute Gasteiger partial charge is 0.134 e. The van der Waals surface area contributed by atoms with Crippen molar-refractivity contribution in [1.29, 1.82) is 0 Å². The maximum Gasteiger partial charge on any atom is 0.134 e. The van der Waals surface area contributed by atoms with Crippen LogP contribution in [0.4, 0.5) is 4.39 Å². The van der Waals surface area contributed by atoms with Crippen LogP contribution in [0.5, 0.6) is 5.75 Å². The molecule has 0 atom stereocenters. The van der Waals surface area contributed by atoms with Crippen LogP contribution in [-0.2, 0) is 6.42 Å². The van der Waals surface area contributed by atoms with Gasteiger partial charge in [-0.05, 0) is 54.4 Å². The molecule has 0 aliphatic heterocycles.